The van der Waals surface area contributed by atoms with Gasteiger partial charge in [0.2, 0.25) is 5.91 Å². The first-order valence-corrected chi connectivity index (χ1v) is 6.36. The molecule has 18 heavy (non-hydrogen) atoms. The van der Waals surface area contributed by atoms with Crippen molar-refractivity contribution in [1.29, 1.82) is 0 Å². The van der Waals surface area contributed by atoms with E-state index in [-0.39, 0.29) is 0 Å². The second kappa shape index (κ2) is 6.61. The van der Waals surface area contributed by atoms with Crippen LogP contribution in [0.4, 0.5) is 5.69 Å². The van der Waals surface area contributed by atoms with E-state index in [1.807, 2.05) is 6.07 Å². The second-order valence-corrected chi connectivity index (χ2v) is 5.09. The molecular formula is C13H20ClN3O. The normalized spacial score (nSPS) is 12.5. The Morgan fingerprint density at radius 3 is 2.61 bits per heavy atom. The topological polar surface area (TPSA) is 81.1 Å². The average Bonchev–Trinajstić information content (AvgIpc) is 2.31. The largest absolute Gasteiger partial charge is 0.385 e. The van der Waals surface area contributed by atoms with Crippen LogP contribution in [0.2, 0.25) is 5.02 Å². The lowest BCUT2D eigenvalue weighted by molar-refractivity contribution is 0.100. The first kappa shape index (κ1) is 14.8. The molecule has 5 N–H and O–H groups in total. The van der Waals surface area contributed by atoms with Gasteiger partial charge in [0.25, 0.3) is 0 Å². The molecule has 0 heterocycles. The Labute approximate surface area is 113 Å². The fraction of sp³-hybridized carbons (Fsp3) is 0.462. The molecule has 5 heteroatoms. The number of primary amides is 1. The van der Waals surface area contributed by atoms with Crippen molar-refractivity contribution in [2.75, 3.05) is 18.4 Å². The minimum absolute atomic E-state index is 0.329. The van der Waals surface area contributed by atoms with Crippen molar-refractivity contribution in [2.45, 2.75) is 13.8 Å². The van der Waals surface area contributed by atoms with Gasteiger partial charge in [-0.25, -0.2) is 0 Å². The summed E-state index contributed by atoms with van der Waals surface area (Å²) in [5.41, 5.74) is 12.1. The van der Waals surface area contributed by atoms with Crippen LogP contribution in [0.1, 0.15) is 24.2 Å². The van der Waals surface area contributed by atoms with Gasteiger partial charge in [0.15, 0.2) is 0 Å². The zero-order valence-corrected chi connectivity index (χ0v) is 11.5. The Morgan fingerprint density at radius 1 is 1.44 bits per heavy atom. The number of amides is 1. The van der Waals surface area contributed by atoms with Gasteiger partial charge in [0, 0.05) is 12.2 Å². The molecule has 0 aliphatic rings. The lowest BCUT2D eigenvalue weighted by atomic mass is 9.96. The molecule has 0 spiro atoms. The smallest absolute Gasteiger partial charge is 0.250 e. The lowest BCUT2D eigenvalue weighted by Gasteiger charge is -2.20. The fourth-order valence-corrected chi connectivity index (χ4v) is 1.87. The third-order valence-corrected chi connectivity index (χ3v) is 3.38. The number of rotatable bonds is 6. The first-order valence-electron chi connectivity index (χ1n) is 5.99. The molecule has 0 saturated carbocycles. The minimum atomic E-state index is -0.525. The van der Waals surface area contributed by atoms with Crippen LogP contribution in [-0.2, 0) is 0 Å². The third-order valence-electron chi connectivity index (χ3n) is 3.05. The maximum atomic E-state index is 11.2. The van der Waals surface area contributed by atoms with Crippen LogP contribution < -0.4 is 16.8 Å². The second-order valence-electron chi connectivity index (χ2n) is 4.68. The zero-order chi connectivity index (χ0) is 13.7. The van der Waals surface area contributed by atoms with Gasteiger partial charge in [-0.15, -0.1) is 0 Å². The number of carbonyl (C=O) groups is 1. The van der Waals surface area contributed by atoms with Gasteiger partial charge in [-0.2, -0.15) is 0 Å². The third kappa shape index (κ3) is 3.89. The molecular weight excluding hydrogens is 250 g/mol. The van der Waals surface area contributed by atoms with Crippen LogP contribution in [0.15, 0.2) is 18.2 Å². The van der Waals surface area contributed by atoms with Crippen LogP contribution in [0.3, 0.4) is 0 Å². The van der Waals surface area contributed by atoms with Crippen molar-refractivity contribution in [3.63, 3.8) is 0 Å². The highest BCUT2D eigenvalue weighted by atomic mass is 35.5. The lowest BCUT2D eigenvalue weighted by Crippen LogP contribution is -2.27. The summed E-state index contributed by atoms with van der Waals surface area (Å²) in [4.78, 5) is 11.2. The molecule has 0 saturated heterocycles. The summed E-state index contributed by atoms with van der Waals surface area (Å²) in [5.74, 6) is 0.367. The minimum Gasteiger partial charge on any atom is -0.385 e. The van der Waals surface area contributed by atoms with Crippen molar-refractivity contribution >= 4 is 23.2 Å². The first-order chi connectivity index (χ1) is 8.45. The highest BCUT2D eigenvalue weighted by molar-refractivity contribution is 6.33. The van der Waals surface area contributed by atoms with Crippen molar-refractivity contribution < 1.29 is 4.79 Å². The maximum Gasteiger partial charge on any atom is 0.250 e. The van der Waals surface area contributed by atoms with Gasteiger partial charge in [-0.3, -0.25) is 4.79 Å². The van der Waals surface area contributed by atoms with E-state index in [1.165, 1.54) is 0 Å². The molecule has 100 valence electrons. The summed E-state index contributed by atoms with van der Waals surface area (Å²) in [6.07, 6.45) is 0. The maximum absolute atomic E-state index is 11.2. The zero-order valence-electron chi connectivity index (χ0n) is 10.7. The Bertz CT molecular complexity index is 421. The van der Waals surface area contributed by atoms with Crippen LogP contribution in [0.25, 0.3) is 0 Å². The van der Waals surface area contributed by atoms with Crippen LogP contribution in [0, 0.1) is 11.8 Å². The van der Waals surface area contributed by atoms with Crippen LogP contribution in [0.5, 0.6) is 0 Å². The van der Waals surface area contributed by atoms with E-state index in [0.717, 1.165) is 12.2 Å². The Hall–Kier alpha value is -1.26. The molecule has 0 aliphatic carbocycles. The quantitative estimate of drug-likeness (QED) is 0.740. The molecule has 1 amide bonds. The molecule has 0 radical (unpaired) electrons. The fourth-order valence-electron chi connectivity index (χ4n) is 1.66. The molecule has 1 rings (SSSR count). The van der Waals surface area contributed by atoms with Crippen molar-refractivity contribution in [1.82, 2.24) is 0 Å². The molecule has 1 atom stereocenters. The number of benzene rings is 1. The summed E-state index contributed by atoms with van der Waals surface area (Å²) >= 11 is 5.88. The predicted octanol–water partition coefficient (Wildman–Crippen LogP) is 2.08. The summed E-state index contributed by atoms with van der Waals surface area (Å²) in [5, 5.41) is 3.62. The van der Waals surface area contributed by atoms with Gasteiger partial charge in [0.1, 0.15) is 0 Å². The standard InChI is InChI=1S/C13H20ClN3O/c1-8(2)9(6-15)7-17-10-3-4-12(14)11(5-10)13(16)18/h3-5,8-9,17H,6-7,15H2,1-2H3,(H2,16,18). The summed E-state index contributed by atoms with van der Waals surface area (Å²) in [6, 6.07) is 5.15. The molecule has 0 aromatic heterocycles. The van der Waals surface area contributed by atoms with E-state index in [9.17, 15) is 4.79 Å². The van der Waals surface area contributed by atoms with Gasteiger partial charge in [0.05, 0.1) is 10.6 Å². The van der Waals surface area contributed by atoms with E-state index >= 15 is 0 Å². The monoisotopic (exact) mass is 269 g/mol. The SMILES string of the molecule is CC(C)C(CN)CNc1ccc(Cl)c(C(N)=O)c1. The molecule has 0 fully saturated rings. The highest BCUT2D eigenvalue weighted by Gasteiger charge is 2.12. The number of hydrogen-bond acceptors (Lipinski definition) is 3. The number of nitrogens with two attached hydrogens (primary N) is 2. The Kier molecular flexibility index (Phi) is 5.44. The van der Waals surface area contributed by atoms with E-state index < -0.39 is 5.91 Å². The number of carbonyl (C=O) groups excluding carboxylic acids is 1. The van der Waals surface area contributed by atoms with E-state index in [4.69, 9.17) is 23.1 Å². The molecule has 1 unspecified atom stereocenters. The number of nitrogens with one attached hydrogen (secondary N) is 1. The molecule has 1 aromatic carbocycles. The van der Waals surface area contributed by atoms with Gasteiger partial charge in [-0.05, 0) is 36.6 Å². The highest BCUT2D eigenvalue weighted by Crippen LogP contribution is 2.21. The number of anilines is 1. The van der Waals surface area contributed by atoms with Gasteiger partial charge < -0.3 is 16.8 Å². The van der Waals surface area contributed by atoms with Crippen LogP contribution in [-0.4, -0.2) is 19.0 Å². The van der Waals surface area contributed by atoms with E-state index in [0.29, 0.717) is 29.0 Å². The Balaban J connectivity index is 2.74. The van der Waals surface area contributed by atoms with Gasteiger partial charge in [-0.1, -0.05) is 25.4 Å². The van der Waals surface area contributed by atoms with E-state index in [1.54, 1.807) is 12.1 Å². The van der Waals surface area contributed by atoms with Crippen molar-refractivity contribution in [2.24, 2.45) is 23.3 Å². The summed E-state index contributed by atoms with van der Waals surface area (Å²) in [6.45, 7) is 5.65. The van der Waals surface area contributed by atoms with Gasteiger partial charge >= 0.3 is 0 Å². The summed E-state index contributed by atoms with van der Waals surface area (Å²) in [7, 11) is 0. The molecule has 1 aromatic rings. The summed E-state index contributed by atoms with van der Waals surface area (Å²) < 4.78 is 0. The molecule has 4 nitrogen and oxygen atoms in total. The Morgan fingerprint density at radius 2 is 2.11 bits per heavy atom. The molecule has 0 bridgehead atoms. The predicted molar refractivity (Wildman–Crippen MR) is 75.8 cm³/mol. The average molecular weight is 270 g/mol. The van der Waals surface area contributed by atoms with Crippen molar-refractivity contribution in [3.8, 4) is 0 Å². The molecule has 0 aliphatic heterocycles. The van der Waals surface area contributed by atoms with E-state index in [2.05, 4.69) is 19.2 Å². The van der Waals surface area contributed by atoms with Crippen molar-refractivity contribution in [3.05, 3.63) is 28.8 Å². The number of hydrogen-bond donors (Lipinski definition) is 3. The van der Waals surface area contributed by atoms with Crippen LogP contribution >= 0.6 is 11.6 Å². The number of halogens is 1.